The summed E-state index contributed by atoms with van der Waals surface area (Å²) in [5.41, 5.74) is 0.748. The summed E-state index contributed by atoms with van der Waals surface area (Å²) in [5.74, 6) is 6.15. The molecule has 0 saturated carbocycles. The Hall–Kier alpha value is -1.56. The SMILES string of the molecule is C=CCn1ncc(C#CCCCCCC)n1. The standard InChI is InChI=1S/C13H19N3/c1-3-5-6-7-8-9-10-13-12-14-16(15-13)11-4-2/h4,12H,2-3,5-8,11H2,1H3. The molecule has 1 aromatic heterocycles. The maximum Gasteiger partial charge on any atom is 0.155 e. The van der Waals surface area contributed by atoms with Crippen molar-refractivity contribution in [2.45, 2.75) is 45.6 Å². The van der Waals surface area contributed by atoms with Crippen LogP contribution in [0.15, 0.2) is 18.9 Å². The molecule has 1 rings (SSSR count). The van der Waals surface area contributed by atoms with Crippen LogP contribution in [-0.2, 0) is 6.54 Å². The van der Waals surface area contributed by atoms with Gasteiger partial charge < -0.3 is 0 Å². The molecular formula is C13H19N3. The first-order valence-electron chi connectivity index (χ1n) is 5.86. The van der Waals surface area contributed by atoms with E-state index in [4.69, 9.17) is 0 Å². The van der Waals surface area contributed by atoms with E-state index in [1.54, 1.807) is 17.1 Å². The highest BCUT2D eigenvalue weighted by Crippen LogP contribution is 2.01. The van der Waals surface area contributed by atoms with E-state index in [-0.39, 0.29) is 0 Å². The summed E-state index contributed by atoms with van der Waals surface area (Å²) >= 11 is 0. The normalized spacial score (nSPS) is 9.56. The fraction of sp³-hybridized carbons (Fsp3) is 0.538. The third-order valence-electron chi connectivity index (χ3n) is 2.20. The summed E-state index contributed by atoms with van der Waals surface area (Å²) in [5, 5.41) is 8.26. The van der Waals surface area contributed by atoms with E-state index < -0.39 is 0 Å². The van der Waals surface area contributed by atoms with Gasteiger partial charge in [-0.05, 0) is 12.3 Å². The van der Waals surface area contributed by atoms with Gasteiger partial charge in [-0.1, -0.05) is 38.2 Å². The molecule has 0 aliphatic rings. The van der Waals surface area contributed by atoms with Gasteiger partial charge >= 0.3 is 0 Å². The first kappa shape index (κ1) is 12.5. The molecule has 0 aliphatic heterocycles. The van der Waals surface area contributed by atoms with Crippen molar-refractivity contribution in [1.29, 1.82) is 0 Å². The number of allylic oxidation sites excluding steroid dienone is 1. The lowest BCUT2D eigenvalue weighted by atomic mass is 10.1. The van der Waals surface area contributed by atoms with Crippen LogP contribution in [0.4, 0.5) is 0 Å². The molecule has 0 fully saturated rings. The molecule has 0 amide bonds. The van der Waals surface area contributed by atoms with Crippen molar-refractivity contribution >= 4 is 0 Å². The molecule has 0 N–H and O–H groups in total. The number of hydrogen-bond donors (Lipinski definition) is 0. The van der Waals surface area contributed by atoms with Gasteiger partial charge in [-0.25, -0.2) is 0 Å². The van der Waals surface area contributed by atoms with Crippen molar-refractivity contribution in [3.63, 3.8) is 0 Å². The van der Waals surface area contributed by atoms with Gasteiger partial charge in [-0.2, -0.15) is 9.90 Å². The summed E-state index contributed by atoms with van der Waals surface area (Å²) in [4.78, 5) is 1.59. The molecule has 0 saturated heterocycles. The van der Waals surface area contributed by atoms with Crippen LogP contribution in [-0.4, -0.2) is 15.0 Å². The molecular weight excluding hydrogens is 198 g/mol. The number of unbranched alkanes of at least 4 members (excludes halogenated alkanes) is 4. The number of rotatable bonds is 6. The topological polar surface area (TPSA) is 30.7 Å². The second-order valence-corrected chi connectivity index (χ2v) is 3.69. The molecule has 86 valence electrons. The molecule has 1 aromatic rings. The van der Waals surface area contributed by atoms with Crippen molar-refractivity contribution in [2.24, 2.45) is 0 Å². The van der Waals surface area contributed by atoms with Crippen LogP contribution in [0.25, 0.3) is 0 Å². The first-order chi connectivity index (χ1) is 7.86. The van der Waals surface area contributed by atoms with Gasteiger partial charge in [0.2, 0.25) is 0 Å². The minimum Gasteiger partial charge on any atom is -0.180 e. The van der Waals surface area contributed by atoms with Crippen LogP contribution in [0.1, 0.15) is 44.7 Å². The Labute approximate surface area is 97.6 Å². The lowest BCUT2D eigenvalue weighted by Crippen LogP contribution is -1.99. The second-order valence-electron chi connectivity index (χ2n) is 3.69. The lowest BCUT2D eigenvalue weighted by molar-refractivity contribution is 0.601. The molecule has 3 heteroatoms. The summed E-state index contributed by atoms with van der Waals surface area (Å²) < 4.78 is 0. The Morgan fingerprint density at radius 1 is 1.44 bits per heavy atom. The minimum atomic E-state index is 0.637. The molecule has 3 nitrogen and oxygen atoms in total. The van der Waals surface area contributed by atoms with Crippen molar-refractivity contribution in [3.05, 3.63) is 24.5 Å². The number of aromatic nitrogens is 3. The lowest BCUT2D eigenvalue weighted by Gasteiger charge is -1.91. The Morgan fingerprint density at radius 3 is 3.06 bits per heavy atom. The molecule has 0 aliphatic carbocycles. The van der Waals surface area contributed by atoms with Gasteiger partial charge in [0, 0.05) is 6.42 Å². The molecule has 0 spiro atoms. The highest BCUT2D eigenvalue weighted by atomic mass is 15.5. The van der Waals surface area contributed by atoms with Crippen LogP contribution >= 0.6 is 0 Å². The zero-order chi connectivity index (χ0) is 11.6. The van der Waals surface area contributed by atoms with Crippen LogP contribution in [0.2, 0.25) is 0 Å². The summed E-state index contributed by atoms with van der Waals surface area (Å²) in [6, 6.07) is 0. The van der Waals surface area contributed by atoms with Crippen LogP contribution in [0.3, 0.4) is 0 Å². The van der Waals surface area contributed by atoms with E-state index in [0.29, 0.717) is 6.54 Å². The van der Waals surface area contributed by atoms with E-state index in [1.165, 1.54) is 25.7 Å². The first-order valence-corrected chi connectivity index (χ1v) is 5.86. The van der Waals surface area contributed by atoms with E-state index in [2.05, 4.69) is 35.5 Å². The third kappa shape index (κ3) is 4.79. The van der Waals surface area contributed by atoms with Gasteiger partial charge in [0.1, 0.15) is 0 Å². The van der Waals surface area contributed by atoms with Crippen molar-refractivity contribution in [2.75, 3.05) is 0 Å². The maximum atomic E-state index is 4.19. The van der Waals surface area contributed by atoms with Gasteiger partial charge in [0.15, 0.2) is 5.69 Å². The predicted molar refractivity (Wildman–Crippen MR) is 65.9 cm³/mol. The average Bonchev–Trinajstić information content (AvgIpc) is 2.72. The summed E-state index contributed by atoms with van der Waals surface area (Å²) in [6.45, 7) is 6.48. The van der Waals surface area contributed by atoms with Crippen LogP contribution in [0.5, 0.6) is 0 Å². The fourth-order valence-electron chi connectivity index (χ4n) is 1.35. The Bertz CT molecular complexity index is 368. The average molecular weight is 217 g/mol. The highest BCUT2D eigenvalue weighted by Gasteiger charge is 1.93. The van der Waals surface area contributed by atoms with Gasteiger partial charge in [0.25, 0.3) is 0 Å². The highest BCUT2D eigenvalue weighted by molar-refractivity contribution is 5.23. The second kappa shape index (κ2) is 7.70. The zero-order valence-electron chi connectivity index (χ0n) is 9.95. The predicted octanol–water partition coefficient (Wildman–Crippen LogP) is 2.79. The van der Waals surface area contributed by atoms with E-state index in [9.17, 15) is 0 Å². The number of hydrogen-bond acceptors (Lipinski definition) is 2. The van der Waals surface area contributed by atoms with Gasteiger partial charge in [0.05, 0.1) is 12.7 Å². The minimum absolute atomic E-state index is 0.637. The molecule has 0 unspecified atom stereocenters. The molecule has 0 aromatic carbocycles. The van der Waals surface area contributed by atoms with Crippen LogP contribution in [0, 0.1) is 11.8 Å². The molecule has 0 atom stereocenters. The molecule has 1 heterocycles. The van der Waals surface area contributed by atoms with E-state index in [1.807, 2.05) is 0 Å². The quantitative estimate of drug-likeness (QED) is 0.417. The van der Waals surface area contributed by atoms with Crippen LogP contribution < -0.4 is 0 Å². The smallest absolute Gasteiger partial charge is 0.155 e. The Balaban J connectivity index is 2.29. The monoisotopic (exact) mass is 217 g/mol. The van der Waals surface area contributed by atoms with Crippen molar-refractivity contribution in [1.82, 2.24) is 15.0 Å². The Kier molecular flexibility index (Phi) is 6.02. The zero-order valence-corrected chi connectivity index (χ0v) is 9.95. The molecule has 0 radical (unpaired) electrons. The van der Waals surface area contributed by atoms with E-state index in [0.717, 1.165) is 12.1 Å². The van der Waals surface area contributed by atoms with Gasteiger partial charge in [-0.3, -0.25) is 0 Å². The molecule has 16 heavy (non-hydrogen) atoms. The maximum absolute atomic E-state index is 4.19. The summed E-state index contributed by atoms with van der Waals surface area (Å²) in [6.07, 6.45) is 9.44. The van der Waals surface area contributed by atoms with Crippen molar-refractivity contribution < 1.29 is 0 Å². The Morgan fingerprint density at radius 2 is 2.31 bits per heavy atom. The summed E-state index contributed by atoms with van der Waals surface area (Å²) in [7, 11) is 0. The van der Waals surface area contributed by atoms with Gasteiger partial charge in [-0.15, -0.1) is 11.7 Å². The largest absolute Gasteiger partial charge is 0.180 e. The number of nitrogens with zero attached hydrogens (tertiary/aromatic N) is 3. The third-order valence-corrected chi connectivity index (χ3v) is 2.20. The molecule has 0 bridgehead atoms. The fourth-order valence-corrected chi connectivity index (χ4v) is 1.35. The van der Waals surface area contributed by atoms with Crippen molar-refractivity contribution in [3.8, 4) is 11.8 Å². The van der Waals surface area contributed by atoms with E-state index >= 15 is 0 Å².